The number of benzene rings is 1. The first-order chi connectivity index (χ1) is 8.13. The summed E-state index contributed by atoms with van der Waals surface area (Å²) >= 11 is 0. The summed E-state index contributed by atoms with van der Waals surface area (Å²) in [5, 5.41) is 20.9. The zero-order chi connectivity index (χ0) is 12.4. The molecule has 0 radical (unpaired) electrons. The summed E-state index contributed by atoms with van der Waals surface area (Å²) in [6, 6.07) is 7.18. The maximum atomic E-state index is 10.7. The Morgan fingerprint density at radius 2 is 2.18 bits per heavy atom. The maximum Gasteiger partial charge on any atom is 0.125 e. The fraction of sp³-hybridized carbons (Fsp3) is 0.462. The van der Waals surface area contributed by atoms with Crippen LogP contribution in [0.25, 0.3) is 0 Å². The lowest BCUT2D eigenvalue weighted by atomic mass is 9.84. The number of carbonyl (C=O) groups excluding carboxylic acids is 1. The van der Waals surface area contributed by atoms with Crippen molar-refractivity contribution in [3.05, 3.63) is 29.8 Å². The first-order valence-electron chi connectivity index (χ1n) is 5.77. The van der Waals surface area contributed by atoms with Crippen molar-refractivity contribution in [2.75, 3.05) is 0 Å². The molecule has 0 saturated carbocycles. The largest absolute Gasteiger partial charge is 0.550 e. The summed E-state index contributed by atoms with van der Waals surface area (Å²) in [5.74, 6) is -0.961. The van der Waals surface area contributed by atoms with Crippen LogP contribution in [0.15, 0.2) is 24.3 Å². The number of aliphatic carboxylic acids is 1. The van der Waals surface area contributed by atoms with E-state index in [1.165, 1.54) is 0 Å². The maximum absolute atomic E-state index is 10.7. The highest BCUT2D eigenvalue weighted by Gasteiger charge is 2.36. The van der Waals surface area contributed by atoms with E-state index < -0.39 is 18.0 Å². The number of ether oxygens (including phenoxy) is 1. The number of aliphatic hydroxyl groups excluding tert-OH is 1. The minimum Gasteiger partial charge on any atom is -0.550 e. The molecule has 0 aliphatic carbocycles. The topological polar surface area (TPSA) is 69.6 Å². The van der Waals surface area contributed by atoms with Crippen molar-refractivity contribution in [1.82, 2.24) is 0 Å². The van der Waals surface area contributed by atoms with Gasteiger partial charge in [0.05, 0.1) is 6.10 Å². The predicted molar refractivity (Wildman–Crippen MR) is 59.2 cm³/mol. The van der Waals surface area contributed by atoms with Gasteiger partial charge in [-0.2, -0.15) is 0 Å². The SMILES string of the molecule is CCC1Oc2ccccc2C(O)C1CC(=O)[O-]. The molecule has 4 nitrogen and oxygen atoms in total. The van der Waals surface area contributed by atoms with E-state index in [4.69, 9.17) is 4.74 Å². The number of hydrogen-bond donors (Lipinski definition) is 1. The molecule has 0 spiro atoms. The summed E-state index contributed by atoms with van der Waals surface area (Å²) in [4.78, 5) is 10.7. The number of hydrogen-bond acceptors (Lipinski definition) is 4. The quantitative estimate of drug-likeness (QED) is 0.835. The number of aliphatic hydroxyl groups is 1. The summed E-state index contributed by atoms with van der Waals surface area (Å²) in [6.45, 7) is 1.91. The van der Waals surface area contributed by atoms with Crippen LogP contribution in [0, 0.1) is 5.92 Å². The van der Waals surface area contributed by atoms with Gasteiger partial charge in [-0.15, -0.1) is 0 Å². The fourth-order valence-corrected chi connectivity index (χ4v) is 2.34. The van der Waals surface area contributed by atoms with E-state index in [9.17, 15) is 15.0 Å². The molecule has 17 heavy (non-hydrogen) atoms. The highest BCUT2D eigenvalue weighted by molar-refractivity contribution is 5.65. The van der Waals surface area contributed by atoms with Crippen LogP contribution in [0.5, 0.6) is 5.75 Å². The van der Waals surface area contributed by atoms with Crippen molar-refractivity contribution < 1.29 is 19.7 Å². The van der Waals surface area contributed by atoms with E-state index in [1.54, 1.807) is 18.2 Å². The second kappa shape index (κ2) is 4.75. The van der Waals surface area contributed by atoms with Crippen LogP contribution < -0.4 is 9.84 Å². The second-order valence-corrected chi connectivity index (χ2v) is 4.29. The molecule has 1 aromatic carbocycles. The Morgan fingerprint density at radius 3 is 2.82 bits per heavy atom. The number of fused-ring (bicyclic) bond motifs is 1. The molecule has 1 heterocycles. The van der Waals surface area contributed by atoms with Crippen LogP contribution in [-0.4, -0.2) is 17.2 Å². The van der Waals surface area contributed by atoms with Crippen LogP contribution in [0.3, 0.4) is 0 Å². The Bertz CT molecular complexity index is 416. The summed E-state index contributed by atoms with van der Waals surface area (Å²) < 4.78 is 5.71. The van der Waals surface area contributed by atoms with Gasteiger partial charge in [0.25, 0.3) is 0 Å². The molecule has 4 heteroatoms. The van der Waals surface area contributed by atoms with Crippen molar-refractivity contribution in [2.24, 2.45) is 5.92 Å². The summed E-state index contributed by atoms with van der Waals surface area (Å²) in [5.41, 5.74) is 0.656. The third-order valence-corrected chi connectivity index (χ3v) is 3.20. The van der Waals surface area contributed by atoms with Gasteiger partial charge in [0.2, 0.25) is 0 Å². The van der Waals surface area contributed by atoms with E-state index in [-0.39, 0.29) is 12.5 Å². The van der Waals surface area contributed by atoms with Crippen LogP contribution in [-0.2, 0) is 4.79 Å². The number of carbonyl (C=O) groups is 1. The average molecular weight is 235 g/mol. The molecule has 0 aromatic heterocycles. The van der Waals surface area contributed by atoms with Crippen molar-refractivity contribution in [3.63, 3.8) is 0 Å². The summed E-state index contributed by atoms with van der Waals surface area (Å²) in [7, 11) is 0. The zero-order valence-electron chi connectivity index (χ0n) is 9.63. The molecule has 3 unspecified atom stereocenters. The van der Waals surface area contributed by atoms with Crippen molar-refractivity contribution in [2.45, 2.75) is 32.0 Å². The number of rotatable bonds is 3. The summed E-state index contributed by atoms with van der Waals surface area (Å²) in [6.07, 6.45) is -0.613. The van der Waals surface area contributed by atoms with Crippen LogP contribution in [0.2, 0.25) is 0 Å². The molecule has 92 valence electrons. The third-order valence-electron chi connectivity index (χ3n) is 3.20. The van der Waals surface area contributed by atoms with E-state index in [1.807, 2.05) is 13.0 Å². The molecule has 1 aromatic rings. The monoisotopic (exact) mass is 235 g/mol. The van der Waals surface area contributed by atoms with Crippen LogP contribution in [0.4, 0.5) is 0 Å². The molecule has 1 N–H and O–H groups in total. The van der Waals surface area contributed by atoms with Gasteiger partial charge >= 0.3 is 0 Å². The minimum atomic E-state index is -1.16. The van der Waals surface area contributed by atoms with Gasteiger partial charge in [-0.1, -0.05) is 25.1 Å². The molecule has 2 rings (SSSR count). The lowest BCUT2D eigenvalue weighted by Crippen LogP contribution is -2.39. The molecule has 0 amide bonds. The van der Waals surface area contributed by atoms with Gasteiger partial charge in [-0.25, -0.2) is 0 Å². The first kappa shape index (κ1) is 11.9. The number of carboxylic acid groups (broad SMARTS) is 1. The Hall–Kier alpha value is -1.55. The minimum absolute atomic E-state index is 0.187. The smallest absolute Gasteiger partial charge is 0.125 e. The van der Waals surface area contributed by atoms with Crippen molar-refractivity contribution >= 4 is 5.97 Å². The molecule has 1 aliphatic heterocycles. The normalized spacial score (nSPS) is 27.1. The number of carboxylic acids is 1. The highest BCUT2D eigenvalue weighted by Crippen LogP contribution is 2.40. The van der Waals surface area contributed by atoms with E-state index in [2.05, 4.69) is 0 Å². The molecule has 1 aliphatic rings. The van der Waals surface area contributed by atoms with Gasteiger partial charge in [-0.3, -0.25) is 0 Å². The Balaban J connectivity index is 2.32. The van der Waals surface area contributed by atoms with Gasteiger partial charge in [0.15, 0.2) is 0 Å². The van der Waals surface area contributed by atoms with Crippen molar-refractivity contribution in [1.29, 1.82) is 0 Å². The molecular weight excluding hydrogens is 220 g/mol. The fourth-order valence-electron chi connectivity index (χ4n) is 2.34. The van der Waals surface area contributed by atoms with E-state index in [0.29, 0.717) is 17.7 Å². The van der Waals surface area contributed by atoms with E-state index >= 15 is 0 Å². The Morgan fingerprint density at radius 1 is 1.47 bits per heavy atom. The Labute approximate surface area is 99.8 Å². The van der Waals surface area contributed by atoms with Gasteiger partial charge < -0.3 is 19.7 Å². The third kappa shape index (κ3) is 2.26. The predicted octanol–water partition coefficient (Wildman–Crippen LogP) is 0.647. The first-order valence-corrected chi connectivity index (χ1v) is 5.77. The van der Waals surface area contributed by atoms with Gasteiger partial charge in [-0.05, 0) is 18.9 Å². The van der Waals surface area contributed by atoms with Gasteiger partial charge in [0, 0.05) is 17.5 Å². The number of para-hydroxylation sites is 1. The van der Waals surface area contributed by atoms with Crippen LogP contribution >= 0.6 is 0 Å². The molecule has 0 saturated heterocycles. The molecule has 3 atom stereocenters. The molecule has 0 fully saturated rings. The highest BCUT2D eigenvalue weighted by atomic mass is 16.5. The average Bonchev–Trinajstić information content (AvgIpc) is 2.32. The second-order valence-electron chi connectivity index (χ2n) is 4.29. The standard InChI is InChI=1S/C13H16O4/c1-2-10-9(7-12(14)15)13(16)8-5-3-4-6-11(8)17-10/h3-6,9-10,13,16H,2,7H2,1H3,(H,14,15)/p-1. The zero-order valence-corrected chi connectivity index (χ0v) is 9.63. The van der Waals surface area contributed by atoms with Crippen LogP contribution in [0.1, 0.15) is 31.4 Å². The molecular formula is C13H15O4-. The molecule has 0 bridgehead atoms. The van der Waals surface area contributed by atoms with E-state index in [0.717, 1.165) is 0 Å². The van der Waals surface area contributed by atoms with Gasteiger partial charge in [0.1, 0.15) is 11.9 Å². The van der Waals surface area contributed by atoms with Crippen molar-refractivity contribution in [3.8, 4) is 5.75 Å². The Kier molecular flexibility index (Phi) is 3.33. The lowest BCUT2D eigenvalue weighted by molar-refractivity contribution is -0.308. The lowest BCUT2D eigenvalue weighted by Gasteiger charge is -2.37.